The van der Waals surface area contributed by atoms with E-state index in [9.17, 15) is 14.4 Å². The molecule has 0 bridgehead atoms. The van der Waals surface area contributed by atoms with Crippen LogP contribution in [0.1, 0.15) is 31.8 Å². The minimum absolute atomic E-state index is 0.0732. The molecule has 2 amide bonds. The van der Waals surface area contributed by atoms with Crippen molar-refractivity contribution < 1.29 is 14.4 Å². The molecule has 0 heterocycles. The number of carbonyl (C=O) groups is 3. The van der Waals surface area contributed by atoms with Gasteiger partial charge in [-0.15, -0.1) is 0 Å². The van der Waals surface area contributed by atoms with Crippen molar-refractivity contribution in [2.75, 3.05) is 0 Å². The Bertz CT molecular complexity index is 968. The van der Waals surface area contributed by atoms with Gasteiger partial charge in [0.25, 0.3) is 5.91 Å². The van der Waals surface area contributed by atoms with Crippen LogP contribution in [0.25, 0.3) is 0 Å². The number of benzene rings is 3. The lowest BCUT2D eigenvalue weighted by atomic mass is 9.99. The Balaban J connectivity index is 1.69. The molecule has 140 valence electrons. The number of rotatable bonds is 7. The van der Waals surface area contributed by atoms with Gasteiger partial charge < -0.3 is 11.1 Å². The minimum Gasteiger partial charge on any atom is -0.368 e. The molecule has 3 rings (SSSR count). The lowest BCUT2D eigenvalue weighted by Gasteiger charge is -2.16. The normalized spacial score (nSPS) is 11.4. The third-order valence-electron chi connectivity index (χ3n) is 4.38. The first-order valence-corrected chi connectivity index (χ1v) is 8.88. The third kappa shape index (κ3) is 4.71. The van der Waals surface area contributed by atoms with E-state index >= 15 is 0 Å². The van der Waals surface area contributed by atoms with Gasteiger partial charge in [0.15, 0.2) is 5.78 Å². The number of nitrogens with one attached hydrogen (secondary N) is 1. The molecule has 0 aliphatic rings. The highest BCUT2D eigenvalue weighted by atomic mass is 16.2. The predicted molar refractivity (Wildman–Crippen MR) is 107 cm³/mol. The Morgan fingerprint density at radius 1 is 0.714 bits per heavy atom. The highest BCUT2D eigenvalue weighted by molar-refractivity contribution is 6.08. The van der Waals surface area contributed by atoms with E-state index in [1.165, 1.54) is 0 Å². The van der Waals surface area contributed by atoms with Crippen molar-refractivity contribution in [3.63, 3.8) is 0 Å². The van der Waals surface area contributed by atoms with Crippen LogP contribution < -0.4 is 11.1 Å². The Morgan fingerprint density at radius 2 is 1.21 bits per heavy atom. The van der Waals surface area contributed by atoms with Gasteiger partial charge in [-0.05, 0) is 17.7 Å². The highest BCUT2D eigenvalue weighted by Crippen LogP contribution is 2.12. The summed E-state index contributed by atoms with van der Waals surface area (Å²) in [5.74, 6) is -1.05. The molecule has 0 fully saturated rings. The van der Waals surface area contributed by atoms with Gasteiger partial charge in [-0.25, -0.2) is 0 Å². The van der Waals surface area contributed by atoms with Gasteiger partial charge >= 0.3 is 0 Å². The number of nitrogens with two attached hydrogens (primary N) is 1. The van der Waals surface area contributed by atoms with E-state index in [0.29, 0.717) is 16.7 Å². The van der Waals surface area contributed by atoms with Crippen molar-refractivity contribution in [1.82, 2.24) is 5.32 Å². The fourth-order valence-corrected chi connectivity index (χ4v) is 2.84. The van der Waals surface area contributed by atoms with Crippen molar-refractivity contribution in [2.45, 2.75) is 12.5 Å². The molecular formula is C23H20N2O3. The fourth-order valence-electron chi connectivity index (χ4n) is 2.84. The summed E-state index contributed by atoms with van der Waals surface area (Å²) in [5, 5.41) is 2.66. The summed E-state index contributed by atoms with van der Waals surface area (Å²) in [6.45, 7) is 0. The van der Waals surface area contributed by atoms with E-state index in [1.54, 1.807) is 66.7 Å². The zero-order valence-electron chi connectivity index (χ0n) is 15.2. The number of hydrogen-bond acceptors (Lipinski definition) is 3. The maximum absolute atomic E-state index is 12.5. The molecule has 3 aromatic rings. The van der Waals surface area contributed by atoms with Gasteiger partial charge in [0.05, 0.1) is 0 Å². The highest BCUT2D eigenvalue weighted by Gasteiger charge is 2.19. The van der Waals surface area contributed by atoms with E-state index in [4.69, 9.17) is 5.73 Å². The van der Waals surface area contributed by atoms with E-state index in [1.807, 2.05) is 18.2 Å². The maximum Gasteiger partial charge on any atom is 0.251 e. The van der Waals surface area contributed by atoms with Gasteiger partial charge in [0.1, 0.15) is 6.04 Å². The first-order chi connectivity index (χ1) is 13.5. The molecule has 3 aromatic carbocycles. The van der Waals surface area contributed by atoms with Crippen LogP contribution in [-0.4, -0.2) is 23.6 Å². The topological polar surface area (TPSA) is 89.3 Å². The fraction of sp³-hybridized carbons (Fsp3) is 0.0870. The van der Waals surface area contributed by atoms with Crippen molar-refractivity contribution in [3.8, 4) is 0 Å². The monoisotopic (exact) mass is 372 g/mol. The van der Waals surface area contributed by atoms with Crippen LogP contribution in [0.2, 0.25) is 0 Å². The molecule has 1 atom stereocenters. The first-order valence-electron chi connectivity index (χ1n) is 8.88. The van der Waals surface area contributed by atoms with Crippen LogP contribution in [0.5, 0.6) is 0 Å². The van der Waals surface area contributed by atoms with Gasteiger partial charge in [-0.1, -0.05) is 72.8 Å². The second-order valence-electron chi connectivity index (χ2n) is 6.39. The Morgan fingerprint density at radius 3 is 1.75 bits per heavy atom. The van der Waals surface area contributed by atoms with Gasteiger partial charge in [0, 0.05) is 23.1 Å². The first kappa shape index (κ1) is 19.0. The van der Waals surface area contributed by atoms with Crippen molar-refractivity contribution in [3.05, 3.63) is 107 Å². The number of ketones is 1. The summed E-state index contributed by atoms with van der Waals surface area (Å²) in [4.78, 5) is 36.5. The van der Waals surface area contributed by atoms with Crippen LogP contribution in [0.4, 0.5) is 0 Å². The summed E-state index contributed by atoms with van der Waals surface area (Å²) in [5.41, 5.74) is 7.87. The third-order valence-corrected chi connectivity index (χ3v) is 4.38. The number of hydrogen-bond donors (Lipinski definition) is 2. The van der Waals surface area contributed by atoms with Crippen LogP contribution in [0.3, 0.4) is 0 Å². The molecule has 0 aliphatic carbocycles. The van der Waals surface area contributed by atoms with E-state index in [0.717, 1.165) is 5.56 Å². The molecule has 0 spiro atoms. The summed E-state index contributed by atoms with van der Waals surface area (Å²) in [7, 11) is 0. The van der Waals surface area contributed by atoms with E-state index < -0.39 is 11.9 Å². The van der Waals surface area contributed by atoms with Crippen LogP contribution in [0, 0.1) is 0 Å². The van der Waals surface area contributed by atoms with Gasteiger partial charge in [-0.2, -0.15) is 0 Å². The number of primary amides is 1. The zero-order valence-corrected chi connectivity index (χ0v) is 15.2. The Labute approximate surface area is 163 Å². The lowest BCUT2D eigenvalue weighted by Crippen LogP contribution is -2.45. The second-order valence-corrected chi connectivity index (χ2v) is 6.39. The van der Waals surface area contributed by atoms with E-state index in [2.05, 4.69) is 5.32 Å². The molecule has 28 heavy (non-hydrogen) atoms. The van der Waals surface area contributed by atoms with Crippen molar-refractivity contribution in [1.29, 1.82) is 0 Å². The number of carbonyl (C=O) groups excluding carboxylic acids is 3. The maximum atomic E-state index is 12.5. The largest absolute Gasteiger partial charge is 0.368 e. The smallest absolute Gasteiger partial charge is 0.251 e. The minimum atomic E-state index is -0.844. The average molecular weight is 372 g/mol. The molecule has 5 nitrogen and oxygen atoms in total. The predicted octanol–water partition coefficient (Wildman–Crippen LogP) is 2.74. The zero-order chi connectivity index (χ0) is 19.9. The summed E-state index contributed by atoms with van der Waals surface area (Å²) in [6.07, 6.45) is 0.244. The van der Waals surface area contributed by atoms with Crippen LogP contribution in [0.15, 0.2) is 84.9 Å². The molecule has 3 N–H and O–H groups in total. The molecule has 0 aromatic heterocycles. The molecule has 0 saturated heterocycles. The lowest BCUT2D eigenvalue weighted by molar-refractivity contribution is -0.119. The molecule has 0 radical (unpaired) electrons. The molecule has 0 saturated carbocycles. The summed E-state index contributed by atoms with van der Waals surface area (Å²) in [6, 6.07) is 23.7. The number of amides is 2. The second kappa shape index (κ2) is 8.77. The van der Waals surface area contributed by atoms with Gasteiger partial charge in [-0.3, -0.25) is 14.4 Å². The summed E-state index contributed by atoms with van der Waals surface area (Å²) >= 11 is 0. The van der Waals surface area contributed by atoms with Crippen LogP contribution in [-0.2, 0) is 11.2 Å². The quantitative estimate of drug-likeness (QED) is 0.625. The average Bonchev–Trinajstić information content (AvgIpc) is 2.74. The summed E-state index contributed by atoms with van der Waals surface area (Å²) < 4.78 is 0. The molecular weight excluding hydrogens is 352 g/mol. The SMILES string of the molecule is NC(=O)[C@@H](Cc1ccc(C(=O)c2ccccc2)cc1)NC(=O)c1ccccc1. The Kier molecular flexibility index (Phi) is 5.97. The van der Waals surface area contributed by atoms with E-state index in [-0.39, 0.29) is 18.1 Å². The van der Waals surface area contributed by atoms with Crippen molar-refractivity contribution >= 4 is 17.6 Å². The Hall–Kier alpha value is -3.73. The van der Waals surface area contributed by atoms with Gasteiger partial charge in [0.2, 0.25) is 5.91 Å². The molecule has 5 heteroatoms. The van der Waals surface area contributed by atoms with Crippen LogP contribution >= 0.6 is 0 Å². The molecule has 0 unspecified atom stereocenters. The van der Waals surface area contributed by atoms with Crippen molar-refractivity contribution in [2.24, 2.45) is 5.73 Å². The standard InChI is InChI=1S/C23H20N2O3/c24-22(27)20(25-23(28)19-9-5-2-6-10-19)15-16-11-13-18(14-12-16)21(26)17-7-3-1-4-8-17/h1-14,20H,15H2,(H2,24,27)(H,25,28)/t20-/m1/s1. The molecule has 0 aliphatic heterocycles.